The van der Waals surface area contributed by atoms with Crippen molar-refractivity contribution in [2.75, 3.05) is 32.6 Å². The largest absolute Gasteiger partial charge is 0.490 e. The molecule has 0 saturated carbocycles. The summed E-state index contributed by atoms with van der Waals surface area (Å²) in [7, 11) is 3.75. The summed E-state index contributed by atoms with van der Waals surface area (Å²) in [6.07, 6.45) is 2.35. The zero-order chi connectivity index (χ0) is 19.1. The molecule has 8 heteroatoms. The molecule has 0 aliphatic carbocycles. The molecule has 2 amide bonds. The number of piperidine rings is 1. The Morgan fingerprint density at radius 1 is 1.30 bits per heavy atom. The Morgan fingerprint density at radius 3 is 2.74 bits per heavy atom. The number of nitrogens with zero attached hydrogens (tertiary/aromatic N) is 2. The first-order valence-electron chi connectivity index (χ1n) is 9.14. The number of nitrogens with one attached hydrogen (secondary N) is 3. The van der Waals surface area contributed by atoms with Crippen molar-refractivity contribution in [2.24, 2.45) is 0 Å². The molecule has 146 valence electrons. The van der Waals surface area contributed by atoms with Crippen LogP contribution in [0.15, 0.2) is 30.3 Å². The third kappa shape index (κ3) is 5.97. The zero-order valence-corrected chi connectivity index (χ0v) is 15.8. The smallest absolute Gasteiger partial charge is 0.319 e. The van der Waals surface area contributed by atoms with E-state index >= 15 is 0 Å². The van der Waals surface area contributed by atoms with Gasteiger partial charge in [-0.25, -0.2) is 4.79 Å². The summed E-state index contributed by atoms with van der Waals surface area (Å²) < 4.78 is 11.0. The second-order valence-electron chi connectivity index (χ2n) is 6.77. The number of H-pyrrole nitrogens is 1. The average Bonchev–Trinajstić information content (AvgIpc) is 3.11. The SMILES string of the molecule is COCc1cc(CNC(=O)Nc2ccc(OC3CCN(C)CC3)cc2)[nH]n1. The van der Waals surface area contributed by atoms with E-state index < -0.39 is 0 Å². The Kier molecular flexibility index (Phi) is 6.67. The van der Waals surface area contributed by atoms with E-state index in [0.717, 1.165) is 43.1 Å². The number of ether oxygens (including phenoxy) is 2. The van der Waals surface area contributed by atoms with Gasteiger partial charge in [-0.2, -0.15) is 5.10 Å². The molecule has 3 rings (SSSR count). The summed E-state index contributed by atoms with van der Waals surface area (Å²) in [6.45, 7) is 2.93. The molecule has 2 heterocycles. The third-order valence-corrected chi connectivity index (χ3v) is 4.50. The van der Waals surface area contributed by atoms with Crippen molar-refractivity contribution < 1.29 is 14.3 Å². The number of aromatic amines is 1. The van der Waals surface area contributed by atoms with Gasteiger partial charge in [0.1, 0.15) is 11.9 Å². The topological polar surface area (TPSA) is 91.5 Å². The second kappa shape index (κ2) is 9.38. The van der Waals surface area contributed by atoms with Gasteiger partial charge in [-0.15, -0.1) is 0 Å². The number of amides is 2. The molecule has 1 aliphatic heterocycles. The van der Waals surface area contributed by atoms with Crippen LogP contribution in [-0.4, -0.2) is 54.5 Å². The van der Waals surface area contributed by atoms with Crippen molar-refractivity contribution in [2.45, 2.75) is 32.1 Å². The summed E-state index contributed by atoms with van der Waals surface area (Å²) >= 11 is 0. The number of carbonyl (C=O) groups is 1. The Morgan fingerprint density at radius 2 is 2.04 bits per heavy atom. The molecule has 0 unspecified atom stereocenters. The highest BCUT2D eigenvalue weighted by atomic mass is 16.5. The van der Waals surface area contributed by atoms with Crippen LogP contribution in [0.4, 0.5) is 10.5 Å². The van der Waals surface area contributed by atoms with Crippen LogP contribution in [0.1, 0.15) is 24.2 Å². The number of likely N-dealkylation sites (tertiary alicyclic amines) is 1. The molecule has 1 aromatic carbocycles. The van der Waals surface area contributed by atoms with E-state index in [4.69, 9.17) is 9.47 Å². The predicted octanol–water partition coefficient (Wildman–Crippen LogP) is 2.35. The first kappa shape index (κ1) is 19.2. The summed E-state index contributed by atoms with van der Waals surface area (Å²) in [4.78, 5) is 14.3. The molecule has 2 aromatic rings. The van der Waals surface area contributed by atoms with Gasteiger partial charge in [0.05, 0.1) is 24.5 Å². The Bertz CT molecular complexity index is 723. The number of methoxy groups -OCH3 is 1. The fraction of sp³-hybridized carbons (Fsp3) is 0.474. The summed E-state index contributed by atoms with van der Waals surface area (Å²) in [5, 5.41) is 12.6. The normalized spacial score (nSPS) is 15.5. The lowest BCUT2D eigenvalue weighted by molar-refractivity contribution is 0.114. The van der Waals surface area contributed by atoms with Gasteiger partial charge in [0.2, 0.25) is 0 Å². The highest BCUT2D eigenvalue weighted by Crippen LogP contribution is 2.20. The number of aromatic nitrogens is 2. The fourth-order valence-corrected chi connectivity index (χ4v) is 2.98. The van der Waals surface area contributed by atoms with Gasteiger partial charge in [0.25, 0.3) is 0 Å². The quantitative estimate of drug-likeness (QED) is 0.693. The number of urea groups is 1. The molecular weight excluding hydrogens is 346 g/mol. The molecule has 0 bridgehead atoms. The number of benzene rings is 1. The zero-order valence-electron chi connectivity index (χ0n) is 15.8. The molecule has 1 saturated heterocycles. The van der Waals surface area contributed by atoms with Crippen molar-refractivity contribution in [1.82, 2.24) is 20.4 Å². The predicted molar refractivity (Wildman–Crippen MR) is 103 cm³/mol. The van der Waals surface area contributed by atoms with Crippen molar-refractivity contribution >= 4 is 11.7 Å². The summed E-state index contributed by atoms with van der Waals surface area (Å²) in [5.41, 5.74) is 2.34. The molecular formula is C19H27N5O3. The van der Waals surface area contributed by atoms with E-state index in [2.05, 4.69) is 32.8 Å². The van der Waals surface area contributed by atoms with Crippen molar-refractivity contribution in [3.63, 3.8) is 0 Å². The first-order chi connectivity index (χ1) is 13.1. The van der Waals surface area contributed by atoms with E-state index in [0.29, 0.717) is 18.8 Å². The molecule has 3 N–H and O–H groups in total. The lowest BCUT2D eigenvalue weighted by atomic mass is 10.1. The van der Waals surface area contributed by atoms with E-state index in [1.165, 1.54) is 0 Å². The van der Waals surface area contributed by atoms with E-state index in [1.807, 2.05) is 30.3 Å². The third-order valence-electron chi connectivity index (χ3n) is 4.50. The van der Waals surface area contributed by atoms with Crippen LogP contribution < -0.4 is 15.4 Å². The van der Waals surface area contributed by atoms with E-state index in [-0.39, 0.29) is 12.1 Å². The van der Waals surface area contributed by atoms with E-state index in [9.17, 15) is 4.79 Å². The molecule has 8 nitrogen and oxygen atoms in total. The van der Waals surface area contributed by atoms with Crippen LogP contribution in [-0.2, 0) is 17.9 Å². The second-order valence-corrected chi connectivity index (χ2v) is 6.77. The summed E-state index contributed by atoms with van der Waals surface area (Å²) in [5.74, 6) is 0.832. The number of carbonyl (C=O) groups excluding carboxylic acids is 1. The maximum Gasteiger partial charge on any atom is 0.319 e. The highest BCUT2D eigenvalue weighted by molar-refractivity contribution is 5.89. The first-order valence-corrected chi connectivity index (χ1v) is 9.14. The molecule has 1 aromatic heterocycles. The lowest BCUT2D eigenvalue weighted by Crippen LogP contribution is -2.35. The number of anilines is 1. The van der Waals surface area contributed by atoms with Crippen LogP contribution >= 0.6 is 0 Å². The van der Waals surface area contributed by atoms with Gasteiger partial charge in [-0.3, -0.25) is 5.10 Å². The number of rotatable bonds is 7. The minimum absolute atomic E-state index is 0.265. The molecule has 0 atom stereocenters. The van der Waals surface area contributed by atoms with Gasteiger partial charge in [0, 0.05) is 25.9 Å². The maximum absolute atomic E-state index is 12.0. The molecule has 1 aliphatic rings. The Labute approximate surface area is 159 Å². The van der Waals surface area contributed by atoms with Crippen LogP contribution in [0.2, 0.25) is 0 Å². The molecule has 0 spiro atoms. The fourth-order valence-electron chi connectivity index (χ4n) is 2.98. The van der Waals surface area contributed by atoms with Crippen molar-refractivity contribution in [3.8, 4) is 5.75 Å². The van der Waals surface area contributed by atoms with Gasteiger partial charge in [-0.1, -0.05) is 0 Å². The minimum atomic E-state index is -0.276. The maximum atomic E-state index is 12.0. The van der Waals surface area contributed by atoms with Gasteiger partial charge < -0.3 is 25.0 Å². The lowest BCUT2D eigenvalue weighted by Gasteiger charge is -2.29. The number of hydrogen-bond donors (Lipinski definition) is 3. The van der Waals surface area contributed by atoms with E-state index in [1.54, 1.807) is 7.11 Å². The van der Waals surface area contributed by atoms with Crippen LogP contribution in [0.25, 0.3) is 0 Å². The molecule has 0 radical (unpaired) electrons. The van der Waals surface area contributed by atoms with Gasteiger partial charge >= 0.3 is 6.03 Å². The van der Waals surface area contributed by atoms with Crippen molar-refractivity contribution in [3.05, 3.63) is 41.7 Å². The number of hydrogen-bond acceptors (Lipinski definition) is 5. The standard InChI is InChI=1S/C19H27N5O3/c1-24-9-7-18(8-10-24)27-17-5-3-14(4-6-17)21-19(25)20-12-15-11-16(13-26-2)23-22-15/h3-6,11,18H,7-10,12-13H2,1-2H3,(H,22,23)(H2,20,21,25). The molecule has 27 heavy (non-hydrogen) atoms. The van der Waals surface area contributed by atoms with Crippen LogP contribution in [0, 0.1) is 0 Å². The van der Waals surface area contributed by atoms with Crippen molar-refractivity contribution in [1.29, 1.82) is 0 Å². The van der Waals surface area contributed by atoms with Crippen LogP contribution in [0.5, 0.6) is 5.75 Å². The average molecular weight is 373 g/mol. The monoisotopic (exact) mass is 373 g/mol. The molecule has 1 fully saturated rings. The van der Waals surface area contributed by atoms with Crippen LogP contribution in [0.3, 0.4) is 0 Å². The van der Waals surface area contributed by atoms with Gasteiger partial charge in [0.15, 0.2) is 0 Å². The minimum Gasteiger partial charge on any atom is -0.490 e. The Hall–Kier alpha value is -2.58. The van der Waals surface area contributed by atoms with Gasteiger partial charge in [-0.05, 0) is 50.2 Å². The Balaban J connectivity index is 1.42. The highest BCUT2D eigenvalue weighted by Gasteiger charge is 2.17. The summed E-state index contributed by atoms with van der Waals surface area (Å²) in [6, 6.07) is 9.05.